The number of benzene rings is 1. The molecule has 1 atom stereocenters. The smallest absolute Gasteiger partial charge is 0.241 e. The Morgan fingerprint density at radius 3 is 2.33 bits per heavy atom. The second-order valence-electron chi connectivity index (χ2n) is 5.87. The van der Waals surface area contributed by atoms with Crippen molar-refractivity contribution in [3.05, 3.63) is 35.4 Å². The highest BCUT2D eigenvalue weighted by molar-refractivity contribution is 5.82. The summed E-state index contributed by atoms with van der Waals surface area (Å²) in [5.74, 6) is 4.78. The lowest BCUT2D eigenvalue weighted by molar-refractivity contribution is -0.122. The van der Waals surface area contributed by atoms with Gasteiger partial charge in [0.1, 0.15) is 0 Å². The van der Waals surface area contributed by atoms with Gasteiger partial charge in [0.25, 0.3) is 0 Å². The van der Waals surface area contributed by atoms with Gasteiger partial charge < -0.3 is 9.80 Å². The number of nitrogens with zero attached hydrogens (tertiary/aromatic N) is 2. The van der Waals surface area contributed by atoms with E-state index >= 15 is 0 Å². The Balaban J connectivity index is 2.48. The molecule has 0 fully saturated rings. The number of carbonyl (C=O) groups is 1. The lowest BCUT2D eigenvalue weighted by Crippen LogP contribution is -2.33. The van der Waals surface area contributed by atoms with Crippen LogP contribution in [0.15, 0.2) is 24.3 Å². The van der Waals surface area contributed by atoms with Crippen LogP contribution in [0.1, 0.15) is 30.4 Å². The normalized spacial score (nSPS) is 12.7. The molecular weight excluding hydrogens is 264 g/mol. The van der Waals surface area contributed by atoms with E-state index in [0.29, 0.717) is 0 Å². The number of rotatable bonds is 8. The van der Waals surface area contributed by atoms with E-state index in [9.17, 15) is 4.79 Å². The van der Waals surface area contributed by atoms with Gasteiger partial charge in [0.15, 0.2) is 0 Å². The van der Waals surface area contributed by atoms with Crippen LogP contribution in [-0.2, 0) is 11.3 Å². The Bertz CT molecular complexity index is 430. The summed E-state index contributed by atoms with van der Waals surface area (Å²) in [5, 5.41) is 0. The third-order valence-corrected chi connectivity index (χ3v) is 3.61. The van der Waals surface area contributed by atoms with Crippen molar-refractivity contribution in [1.82, 2.24) is 15.2 Å². The van der Waals surface area contributed by atoms with Crippen molar-refractivity contribution < 1.29 is 4.79 Å². The van der Waals surface area contributed by atoms with Crippen LogP contribution in [0.25, 0.3) is 0 Å². The highest BCUT2D eigenvalue weighted by atomic mass is 16.2. The molecule has 1 amide bonds. The number of nitrogens with two attached hydrogens (primary N) is 1. The highest BCUT2D eigenvalue weighted by Gasteiger charge is 2.13. The topological polar surface area (TPSA) is 61.6 Å². The number of hydrazine groups is 1. The first-order valence-electron chi connectivity index (χ1n) is 7.36. The summed E-state index contributed by atoms with van der Waals surface area (Å²) in [7, 11) is 6.32. The molecule has 0 aliphatic rings. The molecule has 0 saturated heterocycles. The summed E-state index contributed by atoms with van der Waals surface area (Å²) < 4.78 is 0. The lowest BCUT2D eigenvalue weighted by Gasteiger charge is -2.18. The molecule has 3 N–H and O–H groups in total. The fourth-order valence-electron chi connectivity index (χ4n) is 2.24. The predicted molar refractivity (Wildman–Crippen MR) is 86.7 cm³/mol. The molecule has 1 unspecified atom stereocenters. The minimum Gasteiger partial charge on any atom is -0.309 e. The van der Waals surface area contributed by atoms with E-state index in [4.69, 9.17) is 5.84 Å². The maximum atomic E-state index is 11.5. The summed E-state index contributed by atoms with van der Waals surface area (Å²) in [6.45, 7) is 4.96. The standard InChI is InChI=1S/C16H28N4O/c1-13(16(21)18-17)15-8-6-14(7-9-15)12-20(4)11-5-10-19(2)3/h6-9,13H,5,10-12,17H2,1-4H3,(H,18,21). The maximum absolute atomic E-state index is 11.5. The van der Waals surface area contributed by atoms with Gasteiger partial charge in [-0.3, -0.25) is 10.2 Å². The van der Waals surface area contributed by atoms with Crippen LogP contribution >= 0.6 is 0 Å². The number of amides is 1. The van der Waals surface area contributed by atoms with Crippen molar-refractivity contribution in [1.29, 1.82) is 0 Å². The molecule has 0 aliphatic heterocycles. The molecular formula is C16H28N4O. The summed E-state index contributed by atoms with van der Waals surface area (Å²) in [6, 6.07) is 8.17. The molecule has 0 radical (unpaired) electrons. The first-order chi connectivity index (χ1) is 9.93. The van der Waals surface area contributed by atoms with E-state index in [1.807, 2.05) is 19.1 Å². The van der Waals surface area contributed by atoms with Crippen LogP contribution in [0.5, 0.6) is 0 Å². The highest BCUT2D eigenvalue weighted by Crippen LogP contribution is 2.16. The van der Waals surface area contributed by atoms with Crippen LogP contribution in [0.2, 0.25) is 0 Å². The number of hydrogen-bond donors (Lipinski definition) is 2. The monoisotopic (exact) mass is 292 g/mol. The summed E-state index contributed by atoms with van der Waals surface area (Å²) >= 11 is 0. The number of hydrogen-bond acceptors (Lipinski definition) is 4. The zero-order valence-corrected chi connectivity index (χ0v) is 13.6. The van der Waals surface area contributed by atoms with Crippen LogP contribution in [-0.4, -0.2) is 49.9 Å². The van der Waals surface area contributed by atoms with Crippen LogP contribution < -0.4 is 11.3 Å². The minimum atomic E-state index is -0.220. The van der Waals surface area contributed by atoms with Crippen molar-refractivity contribution in [3.8, 4) is 0 Å². The molecule has 118 valence electrons. The fraction of sp³-hybridized carbons (Fsp3) is 0.562. The van der Waals surface area contributed by atoms with Gasteiger partial charge in [-0.25, -0.2) is 5.84 Å². The van der Waals surface area contributed by atoms with Crippen LogP contribution in [0, 0.1) is 0 Å². The largest absolute Gasteiger partial charge is 0.309 e. The van der Waals surface area contributed by atoms with Gasteiger partial charge in [-0.15, -0.1) is 0 Å². The summed E-state index contributed by atoms with van der Waals surface area (Å²) in [5.41, 5.74) is 4.43. The van der Waals surface area contributed by atoms with Crippen LogP contribution in [0.4, 0.5) is 0 Å². The Morgan fingerprint density at radius 2 is 1.81 bits per heavy atom. The molecule has 5 nitrogen and oxygen atoms in total. The van der Waals surface area contributed by atoms with Gasteiger partial charge in [0.2, 0.25) is 5.91 Å². The Kier molecular flexibility index (Phi) is 7.36. The SMILES string of the molecule is CC(C(=O)NN)c1ccc(CN(C)CCCN(C)C)cc1. The lowest BCUT2D eigenvalue weighted by atomic mass is 9.99. The van der Waals surface area contributed by atoms with E-state index in [2.05, 4.69) is 48.5 Å². The average Bonchev–Trinajstić information content (AvgIpc) is 2.46. The van der Waals surface area contributed by atoms with Gasteiger partial charge in [-0.2, -0.15) is 0 Å². The second kappa shape index (κ2) is 8.77. The molecule has 21 heavy (non-hydrogen) atoms. The van der Waals surface area contributed by atoms with Gasteiger partial charge in [-0.1, -0.05) is 24.3 Å². The molecule has 1 rings (SSSR count). The fourth-order valence-corrected chi connectivity index (χ4v) is 2.24. The summed E-state index contributed by atoms with van der Waals surface area (Å²) in [6.07, 6.45) is 1.16. The van der Waals surface area contributed by atoms with Gasteiger partial charge >= 0.3 is 0 Å². The van der Waals surface area contributed by atoms with Crippen molar-refractivity contribution in [2.75, 3.05) is 34.2 Å². The Morgan fingerprint density at radius 1 is 1.19 bits per heavy atom. The van der Waals surface area contributed by atoms with E-state index in [1.54, 1.807) is 0 Å². The first kappa shape index (κ1) is 17.6. The quantitative estimate of drug-likeness (QED) is 0.429. The van der Waals surface area contributed by atoms with Gasteiger partial charge in [0.05, 0.1) is 5.92 Å². The average molecular weight is 292 g/mol. The molecule has 0 spiro atoms. The predicted octanol–water partition coefficient (Wildman–Crippen LogP) is 1.16. The zero-order chi connectivity index (χ0) is 15.8. The van der Waals surface area contributed by atoms with Crippen molar-refractivity contribution >= 4 is 5.91 Å². The molecule has 5 heteroatoms. The van der Waals surface area contributed by atoms with Crippen molar-refractivity contribution in [2.24, 2.45) is 5.84 Å². The molecule has 0 heterocycles. The molecule has 0 saturated carbocycles. The van der Waals surface area contributed by atoms with Gasteiger partial charge in [0, 0.05) is 6.54 Å². The number of nitrogens with one attached hydrogen (secondary N) is 1. The Labute approximate surface area is 128 Å². The first-order valence-corrected chi connectivity index (χ1v) is 7.36. The van der Waals surface area contributed by atoms with E-state index < -0.39 is 0 Å². The molecule has 0 aromatic heterocycles. The molecule has 1 aromatic rings. The molecule has 1 aromatic carbocycles. The van der Waals surface area contributed by atoms with Crippen molar-refractivity contribution in [3.63, 3.8) is 0 Å². The van der Waals surface area contributed by atoms with E-state index in [1.165, 1.54) is 5.56 Å². The van der Waals surface area contributed by atoms with Crippen LogP contribution in [0.3, 0.4) is 0 Å². The van der Waals surface area contributed by atoms with E-state index in [-0.39, 0.29) is 11.8 Å². The van der Waals surface area contributed by atoms with E-state index in [0.717, 1.165) is 31.6 Å². The van der Waals surface area contributed by atoms with Crippen molar-refractivity contribution in [2.45, 2.75) is 25.8 Å². The summed E-state index contributed by atoms with van der Waals surface area (Å²) in [4.78, 5) is 16.0. The second-order valence-corrected chi connectivity index (χ2v) is 5.87. The maximum Gasteiger partial charge on any atom is 0.241 e. The molecule has 0 bridgehead atoms. The number of carbonyl (C=O) groups excluding carboxylic acids is 1. The third kappa shape index (κ3) is 6.25. The third-order valence-electron chi connectivity index (χ3n) is 3.61. The van der Waals surface area contributed by atoms with Gasteiger partial charge in [-0.05, 0) is 58.7 Å². The Hall–Kier alpha value is -1.43. The molecule has 0 aliphatic carbocycles. The minimum absolute atomic E-state index is 0.163. The zero-order valence-electron chi connectivity index (χ0n) is 13.6.